The molecule has 0 aliphatic rings. The van der Waals surface area contributed by atoms with Gasteiger partial charge in [-0.25, -0.2) is 0 Å². The summed E-state index contributed by atoms with van der Waals surface area (Å²) in [6.45, 7) is 3.00. The Kier molecular flexibility index (Phi) is 6.57. The van der Waals surface area contributed by atoms with Crippen molar-refractivity contribution in [2.24, 2.45) is 5.73 Å². The predicted molar refractivity (Wildman–Crippen MR) is 138 cm³/mol. The van der Waals surface area contributed by atoms with Gasteiger partial charge in [-0.2, -0.15) is 15.0 Å². The number of Topliss-reactive ketones (excluding diaryl/α,β-unsaturated/α-hetero) is 2. The van der Waals surface area contributed by atoms with Crippen LogP contribution in [0, 0.1) is 0 Å². The molecule has 0 radical (unpaired) electrons. The third-order valence-electron chi connectivity index (χ3n) is 5.13. The molecular formula is C26H23N7O3. The topological polar surface area (TPSA) is 152 Å². The molecule has 0 bridgehead atoms. The summed E-state index contributed by atoms with van der Waals surface area (Å²) in [6, 6.07) is 20.3. The van der Waals surface area contributed by atoms with E-state index >= 15 is 0 Å². The summed E-state index contributed by atoms with van der Waals surface area (Å²) in [5.74, 6) is 0.107. The average molecular weight is 484 g/mol. The summed E-state index contributed by atoms with van der Waals surface area (Å²) in [7, 11) is 0. The highest BCUT2D eigenvalue weighted by atomic mass is 16.1. The van der Waals surface area contributed by atoms with Crippen LogP contribution in [0.5, 0.6) is 0 Å². The number of rotatable bonds is 9. The molecule has 36 heavy (non-hydrogen) atoms. The number of benzene rings is 3. The zero-order valence-corrected chi connectivity index (χ0v) is 19.5. The van der Waals surface area contributed by atoms with E-state index in [9.17, 15) is 14.4 Å². The summed E-state index contributed by atoms with van der Waals surface area (Å²) in [4.78, 5) is 48.1. The standard InChI is InChI=1S/C26H23N7O3/c1-15(34)17-3-9-20(10-4-17)28-24-31-25(29-21-11-5-18(6-12-21)16(2)35)33-26(32-24)30-22-13-7-19(8-14-22)23(27)36/h3-14H,1-2H3,(H2,27,36)(H3,28,29,30,31,32,33)/i/hT. The molecule has 0 aliphatic heterocycles. The fourth-order valence-corrected chi connectivity index (χ4v) is 3.21. The SMILES string of the molecule is [3H]NC(=O)c1ccc(Nc2nc(Nc3ccc(C(C)=O)cc3)nc(Nc3ccc(C(C)=O)cc3)n2)cc1. The largest absolute Gasteiger partial charge is 0.366 e. The van der Waals surface area contributed by atoms with Gasteiger partial charge in [0, 0.05) is 33.8 Å². The lowest BCUT2D eigenvalue weighted by atomic mass is 10.1. The molecule has 180 valence electrons. The maximum Gasteiger partial charge on any atom is 0.248 e. The number of ketones is 2. The molecule has 0 atom stereocenters. The number of carbonyl (C=O) groups is 3. The van der Waals surface area contributed by atoms with Crippen molar-refractivity contribution < 1.29 is 15.8 Å². The third-order valence-corrected chi connectivity index (χ3v) is 5.13. The van der Waals surface area contributed by atoms with E-state index in [1.165, 1.54) is 13.8 Å². The Balaban J connectivity index is 1.62. The van der Waals surface area contributed by atoms with Crippen molar-refractivity contribution in [2.75, 3.05) is 16.0 Å². The van der Waals surface area contributed by atoms with Crippen LogP contribution in [0.25, 0.3) is 0 Å². The average Bonchev–Trinajstić information content (AvgIpc) is 2.89. The molecule has 1 aromatic heterocycles. The van der Waals surface area contributed by atoms with E-state index in [4.69, 9.17) is 1.41 Å². The van der Waals surface area contributed by atoms with Gasteiger partial charge in [0.2, 0.25) is 23.8 Å². The third kappa shape index (κ3) is 6.06. The van der Waals surface area contributed by atoms with E-state index in [1.807, 2.05) is 5.73 Å². The minimum absolute atomic E-state index is 0.0355. The van der Waals surface area contributed by atoms with Gasteiger partial charge in [0.1, 0.15) is 0 Å². The van der Waals surface area contributed by atoms with E-state index in [0.717, 1.165) is 0 Å². The molecule has 0 unspecified atom stereocenters. The summed E-state index contributed by atoms with van der Waals surface area (Å²) >= 11 is 0. The first-order chi connectivity index (χ1) is 17.8. The monoisotopic (exact) mass is 483 g/mol. The smallest absolute Gasteiger partial charge is 0.248 e. The molecule has 0 spiro atoms. The van der Waals surface area contributed by atoms with E-state index in [-0.39, 0.29) is 29.4 Å². The Labute approximate surface area is 208 Å². The summed E-state index contributed by atoms with van der Waals surface area (Å²) in [6.07, 6.45) is 0. The molecule has 0 saturated heterocycles. The molecule has 10 nitrogen and oxygen atoms in total. The Bertz CT molecular complexity index is 1360. The highest BCUT2D eigenvalue weighted by molar-refractivity contribution is 5.95. The first kappa shape index (κ1) is 22.7. The predicted octanol–water partition coefficient (Wildman–Crippen LogP) is 4.61. The van der Waals surface area contributed by atoms with Gasteiger partial charge in [-0.15, -0.1) is 0 Å². The number of nitrogens with one attached hydrogen (secondary N) is 3. The number of carbonyl (C=O) groups excluding carboxylic acids is 3. The van der Waals surface area contributed by atoms with E-state index < -0.39 is 5.91 Å². The number of primary amides is 1. The van der Waals surface area contributed by atoms with Gasteiger partial charge in [-0.05, 0) is 86.6 Å². The fourth-order valence-electron chi connectivity index (χ4n) is 3.21. The van der Waals surface area contributed by atoms with Crippen LogP contribution in [-0.4, -0.2) is 32.4 Å². The second-order valence-electron chi connectivity index (χ2n) is 7.85. The van der Waals surface area contributed by atoms with Crippen molar-refractivity contribution in [1.82, 2.24) is 15.0 Å². The van der Waals surface area contributed by atoms with E-state index in [1.54, 1.807) is 72.8 Å². The van der Waals surface area contributed by atoms with Crippen LogP contribution in [0.3, 0.4) is 0 Å². The maximum absolute atomic E-state index is 11.6. The van der Waals surface area contributed by atoms with Crippen LogP contribution < -0.4 is 21.7 Å². The zero-order valence-electron chi connectivity index (χ0n) is 20.5. The Morgan fingerprint density at radius 3 is 1.17 bits per heavy atom. The van der Waals surface area contributed by atoms with Crippen LogP contribution in [0.2, 0.25) is 1.41 Å². The molecule has 10 heteroatoms. The molecule has 4 aromatic rings. The minimum Gasteiger partial charge on any atom is -0.366 e. The quantitative estimate of drug-likeness (QED) is 0.250. The number of hydrogen-bond donors (Lipinski definition) is 4. The number of anilines is 6. The van der Waals surface area contributed by atoms with Crippen molar-refractivity contribution in [3.8, 4) is 0 Å². The number of amides is 1. The van der Waals surface area contributed by atoms with Crippen LogP contribution in [0.15, 0.2) is 72.8 Å². The van der Waals surface area contributed by atoms with Crippen molar-refractivity contribution in [3.63, 3.8) is 0 Å². The Hall–Kier alpha value is -5.12. The summed E-state index contributed by atoms with van der Waals surface area (Å²) in [5.41, 5.74) is 5.30. The van der Waals surface area contributed by atoms with E-state index in [0.29, 0.717) is 33.8 Å². The van der Waals surface area contributed by atoms with Gasteiger partial charge in [0.25, 0.3) is 0 Å². The van der Waals surface area contributed by atoms with E-state index in [2.05, 4.69) is 30.9 Å². The van der Waals surface area contributed by atoms with Crippen molar-refractivity contribution in [2.45, 2.75) is 13.8 Å². The first-order valence-corrected chi connectivity index (χ1v) is 10.9. The number of nitrogens with zero attached hydrogens (tertiary/aromatic N) is 3. The Morgan fingerprint density at radius 1 is 0.583 bits per heavy atom. The van der Waals surface area contributed by atoms with Gasteiger partial charge in [0.15, 0.2) is 13.0 Å². The number of hydrogen-bond acceptors (Lipinski definition) is 9. The van der Waals surface area contributed by atoms with Crippen LogP contribution in [0.4, 0.5) is 34.9 Å². The zero-order chi connectivity index (χ0) is 26.4. The lowest BCUT2D eigenvalue weighted by Crippen LogP contribution is -2.10. The minimum atomic E-state index is -0.517. The molecule has 1 heterocycles. The highest BCUT2D eigenvalue weighted by Gasteiger charge is 2.10. The second-order valence-corrected chi connectivity index (χ2v) is 7.85. The summed E-state index contributed by atoms with van der Waals surface area (Å²) in [5, 5.41) is 9.29. The van der Waals surface area contributed by atoms with Gasteiger partial charge >= 0.3 is 0 Å². The van der Waals surface area contributed by atoms with Gasteiger partial charge < -0.3 is 21.7 Å². The lowest BCUT2D eigenvalue weighted by molar-refractivity contribution is 0.0995. The molecule has 0 saturated carbocycles. The van der Waals surface area contributed by atoms with Crippen molar-refractivity contribution >= 4 is 52.4 Å². The highest BCUT2D eigenvalue weighted by Crippen LogP contribution is 2.22. The van der Waals surface area contributed by atoms with Gasteiger partial charge in [0.05, 0.1) is 0 Å². The second kappa shape index (κ2) is 10.4. The number of aromatic nitrogens is 3. The molecule has 3 aromatic carbocycles. The van der Waals surface area contributed by atoms with Crippen LogP contribution >= 0.6 is 0 Å². The van der Waals surface area contributed by atoms with Crippen LogP contribution in [-0.2, 0) is 0 Å². The molecule has 0 fully saturated rings. The van der Waals surface area contributed by atoms with Gasteiger partial charge in [-0.1, -0.05) is 0 Å². The Morgan fingerprint density at radius 2 is 0.889 bits per heavy atom. The normalized spacial score (nSPS) is 10.7. The first-order valence-electron chi connectivity index (χ1n) is 11.4. The molecule has 1 amide bonds. The van der Waals surface area contributed by atoms with Gasteiger partial charge in [-0.3, -0.25) is 14.4 Å². The summed E-state index contributed by atoms with van der Waals surface area (Å²) < 4.78 is 6.99. The molecule has 4 rings (SSSR count). The maximum atomic E-state index is 11.6. The van der Waals surface area contributed by atoms with Crippen molar-refractivity contribution in [1.29, 1.82) is 0 Å². The molecule has 5 N–H and O–H groups in total. The molecule has 0 aliphatic carbocycles. The fraction of sp³-hybridized carbons (Fsp3) is 0.0769. The van der Waals surface area contributed by atoms with Crippen LogP contribution in [0.1, 0.15) is 44.9 Å². The lowest BCUT2D eigenvalue weighted by Gasteiger charge is -2.12. The molecular weight excluding hydrogens is 458 g/mol. The number of nitrogens with two attached hydrogens (primary N) is 1. The van der Waals surface area contributed by atoms with Crippen molar-refractivity contribution in [3.05, 3.63) is 89.5 Å².